The van der Waals surface area contributed by atoms with Crippen LogP contribution < -0.4 is 10.6 Å². The van der Waals surface area contributed by atoms with E-state index in [4.69, 9.17) is 0 Å². The standard InChI is InChI=1S/C16H31N3O/c1-13(2)19-11-8-15(9-12-19)18-16(20)7-6-14-5-3-4-10-17-14/h13-15,17H,3-12H2,1-2H3,(H,18,20). The minimum atomic E-state index is 0.250. The number of rotatable bonds is 5. The molecule has 0 aromatic heterocycles. The minimum absolute atomic E-state index is 0.250. The van der Waals surface area contributed by atoms with Gasteiger partial charge in [0.15, 0.2) is 0 Å². The van der Waals surface area contributed by atoms with Crippen LogP contribution in [-0.2, 0) is 4.79 Å². The Bertz CT molecular complexity index is 292. The number of nitrogens with zero attached hydrogens (tertiary/aromatic N) is 1. The van der Waals surface area contributed by atoms with E-state index in [1.807, 2.05) is 0 Å². The molecule has 2 aliphatic heterocycles. The Hall–Kier alpha value is -0.610. The lowest BCUT2D eigenvalue weighted by Gasteiger charge is -2.35. The van der Waals surface area contributed by atoms with E-state index in [9.17, 15) is 4.79 Å². The highest BCUT2D eigenvalue weighted by atomic mass is 16.1. The molecule has 0 saturated carbocycles. The van der Waals surface area contributed by atoms with Gasteiger partial charge >= 0.3 is 0 Å². The highest BCUT2D eigenvalue weighted by molar-refractivity contribution is 5.76. The molecular weight excluding hydrogens is 250 g/mol. The summed E-state index contributed by atoms with van der Waals surface area (Å²) in [5, 5.41) is 6.73. The average molecular weight is 281 g/mol. The lowest BCUT2D eigenvalue weighted by atomic mass is 9.99. The zero-order chi connectivity index (χ0) is 14.4. The fourth-order valence-corrected chi connectivity index (χ4v) is 3.34. The lowest BCUT2D eigenvalue weighted by molar-refractivity contribution is -0.122. The molecule has 2 rings (SSSR count). The van der Waals surface area contributed by atoms with Crippen LogP contribution >= 0.6 is 0 Å². The second kappa shape index (κ2) is 7.99. The maximum Gasteiger partial charge on any atom is 0.220 e. The van der Waals surface area contributed by atoms with Crippen molar-refractivity contribution in [2.24, 2.45) is 0 Å². The van der Waals surface area contributed by atoms with Gasteiger partial charge in [-0.2, -0.15) is 0 Å². The van der Waals surface area contributed by atoms with Crippen LogP contribution in [-0.4, -0.2) is 48.6 Å². The topological polar surface area (TPSA) is 44.4 Å². The fourth-order valence-electron chi connectivity index (χ4n) is 3.34. The van der Waals surface area contributed by atoms with Crippen molar-refractivity contribution in [1.29, 1.82) is 0 Å². The summed E-state index contributed by atoms with van der Waals surface area (Å²) < 4.78 is 0. The van der Waals surface area contributed by atoms with Crippen molar-refractivity contribution >= 4 is 5.91 Å². The summed E-state index contributed by atoms with van der Waals surface area (Å²) in [4.78, 5) is 14.5. The van der Waals surface area contributed by atoms with E-state index >= 15 is 0 Å². The third kappa shape index (κ3) is 5.06. The van der Waals surface area contributed by atoms with Crippen LogP contribution in [0.15, 0.2) is 0 Å². The van der Waals surface area contributed by atoms with Crippen molar-refractivity contribution in [1.82, 2.24) is 15.5 Å². The predicted molar refractivity (Wildman–Crippen MR) is 82.7 cm³/mol. The van der Waals surface area contributed by atoms with Crippen molar-refractivity contribution in [2.45, 2.75) is 76.9 Å². The smallest absolute Gasteiger partial charge is 0.220 e. The third-order valence-corrected chi connectivity index (χ3v) is 4.76. The van der Waals surface area contributed by atoms with Gasteiger partial charge in [0.1, 0.15) is 0 Å². The number of hydrogen-bond donors (Lipinski definition) is 2. The molecule has 1 atom stereocenters. The zero-order valence-electron chi connectivity index (χ0n) is 13.2. The Kier molecular flexibility index (Phi) is 6.30. The summed E-state index contributed by atoms with van der Waals surface area (Å²) >= 11 is 0. The van der Waals surface area contributed by atoms with Gasteiger partial charge in [-0.15, -0.1) is 0 Å². The number of hydrogen-bond acceptors (Lipinski definition) is 3. The number of nitrogens with one attached hydrogen (secondary N) is 2. The number of piperidine rings is 2. The van der Waals surface area contributed by atoms with Crippen LogP contribution in [0.3, 0.4) is 0 Å². The zero-order valence-corrected chi connectivity index (χ0v) is 13.2. The molecule has 116 valence electrons. The fraction of sp³-hybridized carbons (Fsp3) is 0.938. The minimum Gasteiger partial charge on any atom is -0.353 e. The summed E-state index contributed by atoms with van der Waals surface area (Å²) in [7, 11) is 0. The van der Waals surface area contributed by atoms with Gasteiger partial charge in [0.05, 0.1) is 0 Å². The van der Waals surface area contributed by atoms with Crippen molar-refractivity contribution < 1.29 is 4.79 Å². The largest absolute Gasteiger partial charge is 0.353 e. The Morgan fingerprint density at radius 3 is 2.60 bits per heavy atom. The molecule has 2 heterocycles. The molecule has 0 spiro atoms. The van der Waals surface area contributed by atoms with Gasteiger partial charge in [-0.25, -0.2) is 0 Å². The van der Waals surface area contributed by atoms with E-state index in [1.165, 1.54) is 19.3 Å². The average Bonchev–Trinajstić information content (AvgIpc) is 2.47. The lowest BCUT2D eigenvalue weighted by Crippen LogP contribution is -2.46. The first-order valence-corrected chi connectivity index (χ1v) is 8.42. The molecule has 1 amide bonds. The molecule has 4 heteroatoms. The van der Waals surface area contributed by atoms with E-state index in [0.717, 1.165) is 38.9 Å². The van der Waals surface area contributed by atoms with Crippen LogP contribution in [0.1, 0.15) is 58.8 Å². The maximum absolute atomic E-state index is 12.0. The van der Waals surface area contributed by atoms with Crippen LogP contribution in [0.5, 0.6) is 0 Å². The molecule has 0 bridgehead atoms. The summed E-state index contributed by atoms with van der Waals surface area (Å²) in [5.41, 5.74) is 0. The second-order valence-electron chi connectivity index (χ2n) is 6.66. The number of carbonyl (C=O) groups excluding carboxylic acids is 1. The quantitative estimate of drug-likeness (QED) is 0.809. The Labute approximate surface area is 123 Å². The van der Waals surface area contributed by atoms with Crippen LogP contribution in [0, 0.1) is 0 Å². The molecule has 0 aromatic rings. The molecule has 2 aliphatic rings. The first-order chi connectivity index (χ1) is 9.65. The van der Waals surface area contributed by atoms with Crippen LogP contribution in [0.2, 0.25) is 0 Å². The van der Waals surface area contributed by atoms with E-state index in [1.54, 1.807) is 0 Å². The normalized spacial score (nSPS) is 25.9. The van der Waals surface area contributed by atoms with Gasteiger partial charge in [0.25, 0.3) is 0 Å². The van der Waals surface area contributed by atoms with Gasteiger partial charge < -0.3 is 15.5 Å². The molecular formula is C16H31N3O. The molecule has 1 unspecified atom stereocenters. The Balaban J connectivity index is 1.60. The first-order valence-electron chi connectivity index (χ1n) is 8.42. The highest BCUT2D eigenvalue weighted by Gasteiger charge is 2.22. The van der Waals surface area contributed by atoms with Crippen LogP contribution in [0.4, 0.5) is 0 Å². The van der Waals surface area contributed by atoms with Gasteiger partial charge in [-0.05, 0) is 52.5 Å². The molecule has 20 heavy (non-hydrogen) atoms. The van der Waals surface area contributed by atoms with E-state index < -0.39 is 0 Å². The summed E-state index contributed by atoms with van der Waals surface area (Å²) in [6, 6.07) is 1.60. The number of carbonyl (C=O) groups is 1. The predicted octanol–water partition coefficient (Wildman–Crippen LogP) is 1.90. The van der Waals surface area contributed by atoms with Crippen molar-refractivity contribution in [3.05, 3.63) is 0 Å². The maximum atomic E-state index is 12.0. The van der Waals surface area contributed by atoms with E-state index in [-0.39, 0.29) is 5.91 Å². The molecule has 0 aromatic carbocycles. The van der Waals surface area contributed by atoms with Crippen molar-refractivity contribution in [3.63, 3.8) is 0 Å². The van der Waals surface area contributed by atoms with Gasteiger partial charge in [-0.3, -0.25) is 4.79 Å². The molecule has 4 nitrogen and oxygen atoms in total. The van der Waals surface area contributed by atoms with Crippen molar-refractivity contribution in [3.8, 4) is 0 Å². The number of likely N-dealkylation sites (tertiary alicyclic amines) is 1. The molecule has 2 saturated heterocycles. The summed E-state index contributed by atoms with van der Waals surface area (Å²) in [6.45, 7) is 7.85. The van der Waals surface area contributed by atoms with Gasteiger partial charge in [-0.1, -0.05) is 6.42 Å². The summed E-state index contributed by atoms with van der Waals surface area (Å²) in [6.07, 6.45) is 7.72. The number of amides is 1. The monoisotopic (exact) mass is 281 g/mol. The van der Waals surface area contributed by atoms with E-state index in [0.29, 0.717) is 24.5 Å². The third-order valence-electron chi connectivity index (χ3n) is 4.76. The van der Waals surface area contributed by atoms with Gasteiger partial charge in [0, 0.05) is 37.6 Å². The Morgan fingerprint density at radius 2 is 2.00 bits per heavy atom. The SMILES string of the molecule is CC(C)N1CCC(NC(=O)CCC2CCCCN2)CC1. The molecule has 2 N–H and O–H groups in total. The van der Waals surface area contributed by atoms with E-state index in [2.05, 4.69) is 29.4 Å². The second-order valence-corrected chi connectivity index (χ2v) is 6.66. The van der Waals surface area contributed by atoms with Gasteiger partial charge in [0.2, 0.25) is 5.91 Å². The molecule has 0 aliphatic carbocycles. The first kappa shape index (κ1) is 15.8. The summed E-state index contributed by atoms with van der Waals surface area (Å²) in [5.74, 6) is 0.250. The Morgan fingerprint density at radius 1 is 1.25 bits per heavy atom. The molecule has 0 radical (unpaired) electrons. The van der Waals surface area contributed by atoms with Crippen LogP contribution in [0.25, 0.3) is 0 Å². The highest BCUT2D eigenvalue weighted by Crippen LogP contribution is 2.14. The van der Waals surface area contributed by atoms with Crippen molar-refractivity contribution in [2.75, 3.05) is 19.6 Å². The molecule has 2 fully saturated rings.